The average molecular weight is 456 g/mol. The Morgan fingerprint density at radius 2 is 1.77 bits per heavy atom. The van der Waals surface area contributed by atoms with Crippen molar-refractivity contribution in [3.63, 3.8) is 0 Å². The van der Waals surface area contributed by atoms with Crippen molar-refractivity contribution in [1.29, 1.82) is 0 Å². The standard InChI is InChI=1S/C19H16F4N4O3S/c1-27-14(9-16(26-27)19(21,22)23)12-7-6-10(8-15(12)31(25,29)30)17(18(24)28)11-4-2-3-5-13(11)20/h2-9,17H,1H3,(H2,24,28)(H2,25,29,30). The predicted molar refractivity (Wildman–Crippen MR) is 102 cm³/mol. The Bertz CT molecular complexity index is 1270. The quantitative estimate of drug-likeness (QED) is 0.573. The summed E-state index contributed by atoms with van der Waals surface area (Å²) in [6.45, 7) is 0. The van der Waals surface area contributed by atoms with Gasteiger partial charge in [-0.2, -0.15) is 18.3 Å². The second-order valence-electron chi connectivity index (χ2n) is 6.69. The molecule has 3 aromatic rings. The molecule has 0 aliphatic heterocycles. The van der Waals surface area contributed by atoms with Gasteiger partial charge in [0, 0.05) is 18.2 Å². The van der Waals surface area contributed by atoms with Crippen LogP contribution in [-0.4, -0.2) is 24.1 Å². The zero-order chi connectivity index (χ0) is 23.1. The molecule has 0 fully saturated rings. The number of hydrogen-bond acceptors (Lipinski definition) is 4. The van der Waals surface area contributed by atoms with E-state index >= 15 is 0 Å². The molecule has 0 saturated heterocycles. The molecule has 1 atom stereocenters. The summed E-state index contributed by atoms with van der Waals surface area (Å²) in [4.78, 5) is 11.5. The van der Waals surface area contributed by atoms with E-state index in [1.807, 2.05) is 0 Å². The summed E-state index contributed by atoms with van der Waals surface area (Å²) in [5.74, 6) is -3.06. The van der Waals surface area contributed by atoms with Gasteiger partial charge in [-0.15, -0.1) is 0 Å². The van der Waals surface area contributed by atoms with Gasteiger partial charge in [-0.3, -0.25) is 9.48 Å². The molecular formula is C19H16F4N4O3S. The highest BCUT2D eigenvalue weighted by Crippen LogP contribution is 2.36. The number of carbonyl (C=O) groups is 1. The number of aryl methyl sites for hydroxylation is 1. The molecule has 31 heavy (non-hydrogen) atoms. The molecule has 1 amide bonds. The molecule has 2 aromatic carbocycles. The van der Waals surface area contributed by atoms with E-state index in [1.54, 1.807) is 0 Å². The Morgan fingerprint density at radius 1 is 1.13 bits per heavy atom. The number of aromatic nitrogens is 2. The third-order valence-electron chi connectivity index (χ3n) is 4.59. The van der Waals surface area contributed by atoms with Crippen molar-refractivity contribution in [3.05, 3.63) is 71.2 Å². The van der Waals surface area contributed by atoms with Crippen molar-refractivity contribution >= 4 is 15.9 Å². The fourth-order valence-corrected chi connectivity index (χ4v) is 4.01. The van der Waals surface area contributed by atoms with Crippen LogP contribution in [0.15, 0.2) is 53.4 Å². The summed E-state index contributed by atoms with van der Waals surface area (Å²) in [5.41, 5.74) is 3.76. The molecule has 1 aromatic heterocycles. The van der Waals surface area contributed by atoms with Gasteiger partial charge in [-0.1, -0.05) is 30.3 Å². The van der Waals surface area contributed by atoms with Gasteiger partial charge in [0.15, 0.2) is 5.69 Å². The number of nitrogens with two attached hydrogens (primary N) is 2. The van der Waals surface area contributed by atoms with Crippen LogP contribution in [0.5, 0.6) is 0 Å². The second kappa shape index (κ2) is 7.78. The van der Waals surface area contributed by atoms with Crippen molar-refractivity contribution in [2.75, 3.05) is 0 Å². The van der Waals surface area contributed by atoms with E-state index in [-0.39, 0.29) is 22.4 Å². The van der Waals surface area contributed by atoms with Crippen molar-refractivity contribution in [2.45, 2.75) is 17.0 Å². The lowest BCUT2D eigenvalue weighted by Crippen LogP contribution is -2.24. The number of primary amides is 1. The first kappa shape index (κ1) is 22.4. The Kier molecular flexibility index (Phi) is 5.63. The molecule has 0 radical (unpaired) electrons. The number of alkyl halides is 3. The highest BCUT2D eigenvalue weighted by Gasteiger charge is 2.35. The first-order valence-electron chi connectivity index (χ1n) is 8.63. The normalized spacial score (nSPS) is 13.2. The van der Waals surface area contributed by atoms with E-state index in [0.29, 0.717) is 6.07 Å². The number of halogens is 4. The van der Waals surface area contributed by atoms with Crippen LogP contribution >= 0.6 is 0 Å². The van der Waals surface area contributed by atoms with Gasteiger partial charge in [0.1, 0.15) is 5.82 Å². The van der Waals surface area contributed by atoms with Crippen LogP contribution in [0.25, 0.3) is 11.3 Å². The minimum absolute atomic E-state index is 0.00332. The van der Waals surface area contributed by atoms with Crippen LogP contribution in [0, 0.1) is 5.82 Å². The largest absolute Gasteiger partial charge is 0.435 e. The molecule has 4 N–H and O–H groups in total. The zero-order valence-corrected chi connectivity index (χ0v) is 16.7. The van der Waals surface area contributed by atoms with Crippen LogP contribution in [0.1, 0.15) is 22.7 Å². The smallest absolute Gasteiger partial charge is 0.369 e. The fraction of sp³-hybridized carbons (Fsp3) is 0.158. The number of primary sulfonamides is 1. The van der Waals surface area contributed by atoms with Gasteiger partial charge in [-0.25, -0.2) is 17.9 Å². The van der Waals surface area contributed by atoms with Gasteiger partial charge in [0.2, 0.25) is 15.9 Å². The molecule has 12 heteroatoms. The number of benzene rings is 2. The lowest BCUT2D eigenvalue weighted by atomic mass is 9.89. The predicted octanol–water partition coefficient (Wildman–Crippen LogP) is 2.51. The number of rotatable bonds is 5. The highest BCUT2D eigenvalue weighted by molar-refractivity contribution is 7.89. The van der Waals surface area contributed by atoms with Gasteiger partial charge in [0.25, 0.3) is 0 Å². The number of sulfonamides is 1. The molecule has 1 heterocycles. The minimum Gasteiger partial charge on any atom is -0.369 e. The molecule has 3 rings (SSSR count). The monoisotopic (exact) mass is 456 g/mol. The third kappa shape index (κ3) is 4.44. The van der Waals surface area contributed by atoms with Gasteiger partial charge >= 0.3 is 6.18 Å². The Morgan fingerprint density at radius 3 is 2.29 bits per heavy atom. The lowest BCUT2D eigenvalue weighted by Gasteiger charge is -2.17. The number of hydrogen-bond donors (Lipinski definition) is 2. The fourth-order valence-electron chi connectivity index (χ4n) is 3.23. The Hall–Kier alpha value is -3.25. The van der Waals surface area contributed by atoms with Crippen LogP contribution in [-0.2, 0) is 28.0 Å². The van der Waals surface area contributed by atoms with Crippen LogP contribution < -0.4 is 10.9 Å². The van der Waals surface area contributed by atoms with Crippen molar-refractivity contribution in [3.8, 4) is 11.3 Å². The molecule has 1 unspecified atom stereocenters. The summed E-state index contributed by atoms with van der Waals surface area (Å²) in [6.07, 6.45) is -4.75. The van der Waals surface area contributed by atoms with Gasteiger partial charge < -0.3 is 5.73 Å². The Labute approximate surface area is 174 Å². The molecule has 0 bridgehead atoms. The molecule has 0 aliphatic rings. The number of carbonyl (C=O) groups excluding carboxylic acids is 1. The van der Waals surface area contributed by atoms with Crippen molar-refractivity contribution < 1.29 is 30.8 Å². The van der Waals surface area contributed by atoms with Gasteiger partial charge in [-0.05, 0) is 23.8 Å². The molecule has 0 aliphatic carbocycles. The molecule has 0 saturated carbocycles. The first-order valence-corrected chi connectivity index (χ1v) is 10.2. The summed E-state index contributed by atoms with van der Waals surface area (Å²) >= 11 is 0. The average Bonchev–Trinajstić information content (AvgIpc) is 3.04. The first-order chi connectivity index (χ1) is 14.3. The van der Waals surface area contributed by atoms with E-state index < -0.39 is 44.4 Å². The van der Waals surface area contributed by atoms with Crippen LogP contribution in [0.2, 0.25) is 0 Å². The maximum absolute atomic E-state index is 14.3. The SMILES string of the molecule is Cn1nc(C(F)(F)F)cc1-c1ccc(C(C(N)=O)c2ccccc2F)cc1S(N)(=O)=O. The summed E-state index contributed by atoms with van der Waals surface area (Å²) in [5, 5.41) is 8.64. The van der Waals surface area contributed by atoms with E-state index in [9.17, 15) is 30.8 Å². The van der Waals surface area contributed by atoms with Crippen LogP contribution in [0.3, 0.4) is 0 Å². The summed E-state index contributed by atoms with van der Waals surface area (Å²) < 4.78 is 78.6. The summed E-state index contributed by atoms with van der Waals surface area (Å²) in [7, 11) is -3.26. The van der Waals surface area contributed by atoms with E-state index in [2.05, 4.69) is 5.10 Å². The molecular weight excluding hydrogens is 440 g/mol. The molecule has 7 nitrogen and oxygen atoms in total. The minimum atomic E-state index is -4.75. The maximum atomic E-state index is 14.3. The maximum Gasteiger partial charge on any atom is 0.435 e. The second-order valence-corrected chi connectivity index (χ2v) is 8.22. The van der Waals surface area contributed by atoms with Gasteiger partial charge in [0.05, 0.1) is 16.5 Å². The highest BCUT2D eigenvalue weighted by atomic mass is 32.2. The molecule has 0 spiro atoms. The number of amides is 1. The third-order valence-corrected chi connectivity index (χ3v) is 5.54. The summed E-state index contributed by atoms with van der Waals surface area (Å²) in [6, 6.07) is 9.39. The van der Waals surface area contributed by atoms with E-state index in [0.717, 1.165) is 16.8 Å². The number of nitrogens with zero attached hydrogens (tertiary/aromatic N) is 2. The Balaban J connectivity index is 2.24. The lowest BCUT2D eigenvalue weighted by molar-refractivity contribution is -0.141. The van der Waals surface area contributed by atoms with Crippen LogP contribution in [0.4, 0.5) is 17.6 Å². The van der Waals surface area contributed by atoms with Crippen molar-refractivity contribution in [2.24, 2.45) is 17.9 Å². The molecule has 164 valence electrons. The van der Waals surface area contributed by atoms with Crippen molar-refractivity contribution in [1.82, 2.24) is 9.78 Å². The topological polar surface area (TPSA) is 121 Å². The van der Waals surface area contributed by atoms with E-state index in [4.69, 9.17) is 10.9 Å². The van der Waals surface area contributed by atoms with E-state index in [1.165, 1.54) is 37.4 Å². The zero-order valence-electron chi connectivity index (χ0n) is 15.9.